The van der Waals surface area contributed by atoms with E-state index in [4.69, 9.17) is 10.00 Å². The maximum absolute atomic E-state index is 8.59. The molecule has 0 aliphatic carbocycles. The Kier molecular flexibility index (Phi) is 6.02. The van der Waals surface area contributed by atoms with E-state index < -0.39 is 0 Å². The van der Waals surface area contributed by atoms with E-state index in [1.165, 1.54) is 31.7 Å². The molecule has 92 valence electrons. The number of nitriles is 1. The van der Waals surface area contributed by atoms with Crippen molar-refractivity contribution in [2.75, 3.05) is 6.61 Å². The van der Waals surface area contributed by atoms with Crippen molar-refractivity contribution < 1.29 is 4.74 Å². The summed E-state index contributed by atoms with van der Waals surface area (Å²) in [6, 6.07) is 1.93. The molecule has 0 fully saturated rings. The van der Waals surface area contributed by atoms with Gasteiger partial charge in [-0.3, -0.25) is 0 Å². The van der Waals surface area contributed by atoms with Gasteiger partial charge >= 0.3 is 0 Å². The van der Waals surface area contributed by atoms with Crippen molar-refractivity contribution in [1.29, 1.82) is 5.26 Å². The zero-order chi connectivity index (χ0) is 12.5. The average Bonchev–Trinajstić information content (AvgIpc) is 2.39. The summed E-state index contributed by atoms with van der Waals surface area (Å²) in [7, 11) is 0. The van der Waals surface area contributed by atoms with E-state index in [1.54, 1.807) is 0 Å². The molecule has 0 radical (unpaired) electrons. The van der Waals surface area contributed by atoms with Crippen LogP contribution in [0.5, 0.6) is 5.88 Å². The van der Waals surface area contributed by atoms with E-state index in [0.717, 1.165) is 6.42 Å². The van der Waals surface area contributed by atoms with Gasteiger partial charge in [-0.1, -0.05) is 33.1 Å². The lowest BCUT2D eigenvalue weighted by atomic mass is 10.0. The Labute approximate surface area is 103 Å². The first-order valence-corrected chi connectivity index (χ1v) is 6.15. The molecule has 0 bridgehead atoms. The molecule has 0 saturated heterocycles. The lowest BCUT2D eigenvalue weighted by Gasteiger charge is -2.14. The Balaban J connectivity index is 2.40. The third-order valence-corrected chi connectivity index (χ3v) is 2.75. The molecular weight excluding hydrogens is 214 g/mol. The first-order chi connectivity index (χ1) is 8.30. The Morgan fingerprint density at radius 3 is 2.71 bits per heavy atom. The van der Waals surface area contributed by atoms with Crippen LogP contribution in [0.25, 0.3) is 0 Å². The molecule has 1 rings (SSSR count). The first kappa shape index (κ1) is 13.4. The van der Waals surface area contributed by atoms with E-state index in [1.807, 2.05) is 6.07 Å². The highest BCUT2D eigenvalue weighted by molar-refractivity contribution is 5.18. The van der Waals surface area contributed by atoms with Crippen molar-refractivity contribution >= 4 is 0 Å². The van der Waals surface area contributed by atoms with Crippen LogP contribution in [-0.4, -0.2) is 16.6 Å². The Bertz CT molecular complexity index is 356. The third kappa shape index (κ3) is 4.81. The fraction of sp³-hybridized carbons (Fsp3) is 0.615. The second-order valence-corrected chi connectivity index (χ2v) is 4.08. The topological polar surface area (TPSA) is 58.8 Å². The van der Waals surface area contributed by atoms with Crippen LogP contribution < -0.4 is 4.74 Å². The van der Waals surface area contributed by atoms with E-state index in [2.05, 4.69) is 23.8 Å². The minimum Gasteiger partial charge on any atom is -0.476 e. The van der Waals surface area contributed by atoms with Crippen LogP contribution in [0.3, 0.4) is 0 Å². The minimum atomic E-state index is 0.315. The van der Waals surface area contributed by atoms with Crippen molar-refractivity contribution in [2.45, 2.75) is 39.5 Å². The van der Waals surface area contributed by atoms with Crippen LogP contribution in [0.1, 0.15) is 45.2 Å². The molecule has 0 spiro atoms. The van der Waals surface area contributed by atoms with Gasteiger partial charge in [-0.05, 0) is 12.3 Å². The standard InChI is InChI=1S/C13H19N3O/c1-3-5-6-11(4-2)10-17-13-9-15-12(7-14)8-16-13/h8-9,11H,3-6,10H2,1-2H3. The summed E-state index contributed by atoms with van der Waals surface area (Å²) in [5, 5.41) is 8.59. The fourth-order valence-corrected chi connectivity index (χ4v) is 1.55. The quantitative estimate of drug-likeness (QED) is 0.726. The summed E-state index contributed by atoms with van der Waals surface area (Å²) in [6.45, 7) is 5.05. The number of unbranched alkanes of at least 4 members (excludes halogenated alkanes) is 1. The molecule has 1 heterocycles. The molecule has 1 aromatic heterocycles. The fourth-order valence-electron chi connectivity index (χ4n) is 1.55. The van der Waals surface area contributed by atoms with Gasteiger partial charge in [0.1, 0.15) is 6.07 Å². The summed E-state index contributed by atoms with van der Waals surface area (Å²) in [4.78, 5) is 7.94. The molecule has 0 aliphatic rings. The first-order valence-electron chi connectivity index (χ1n) is 6.15. The van der Waals surface area contributed by atoms with Crippen LogP contribution in [-0.2, 0) is 0 Å². The Hall–Kier alpha value is -1.63. The van der Waals surface area contributed by atoms with E-state index in [9.17, 15) is 0 Å². The van der Waals surface area contributed by atoms with Gasteiger partial charge < -0.3 is 4.74 Å². The number of rotatable bonds is 7. The van der Waals surface area contributed by atoms with Crippen LogP contribution in [0.15, 0.2) is 12.4 Å². The molecule has 17 heavy (non-hydrogen) atoms. The number of hydrogen-bond donors (Lipinski definition) is 0. The van der Waals surface area contributed by atoms with E-state index in [-0.39, 0.29) is 0 Å². The van der Waals surface area contributed by atoms with Crippen molar-refractivity contribution in [1.82, 2.24) is 9.97 Å². The van der Waals surface area contributed by atoms with Crippen molar-refractivity contribution in [3.8, 4) is 11.9 Å². The maximum atomic E-state index is 8.59. The number of aromatic nitrogens is 2. The molecule has 1 aromatic rings. The summed E-state index contributed by atoms with van der Waals surface area (Å²) in [5.41, 5.74) is 0.315. The lowest BCUT2D eigenvalue weighted by molar-refractivity contribution is 0.225. The maximum Gasteiger partial charge on any atom is 0.232 e. The Morgan fingerprint density at radius 2 is 2.18 bits per heavy atom. The minimum absolute atomic E-state index is 0.315. The van der Waals surface area contributed by atoms with Crippen LogP contribution in [0.2, 0.25) is 0 Å². The highest BCUT2D eigenvalue weighted by Crippen LogP contribution is 2.14. The number of ether oxygens (including phenoxy) is 1. The van der Waals surface area contributed by atoms with Gasteiger partial charge in [0, 0.05) is 0 Å². The molecule has 1 unspecified atom stereocenters. The van der Waals surface area contributed by atoms with Crippen molar-refractivity contribution in [3.63, 3.8) is 0 Å². The molecular formula is C13H19N3O. The molecule has 0 saturated carbocycles. The molecule has 1 atom stereocenters. The SMILES string of the molecule is CCCCC(CC)COc1cnc(C#N)cn1. The monoisotopic (exact) mass is 233 g/mol. The largest absolute Gasteiger partial charge is 0.476 e. The summed E-state index contributed by atoms with van der Waals surface area (Å²) < 4.78 is 5.57. The van der Waals surface area contributed by atoms with E-state index in [0.29, 0.717) is 24.1 Å². The summed E-state index contributed by atoms with van der Waals surface area (Å²) in [5.74, 6) is 1.08. The van der Waals surface area contributed by atoms with Gasteiger partial charge in [0.05, 0.1) is 19.0 Å². The van der Waals surface area contributed by atoms with Gasteiger partial charge in [-0.25, -0.2) is 9.97 Å². The molecule has 4 heteroatoms. The van der Waals surface area contributed by atoms with Gasteiger partial charge in [0.15, 0.2) is 5.69 Å². The molecule has 0 N–H and O–H groups in total. The van der Waals surface area contributed by atoms with Gasteiger partial charge in [-0.15, -0.1) is 0 Å². The third-order valence-electron chi connectivity index (χ3n) is 2.75. The van der Waals surface area contributed by atoms with Crippen LogP contribution in [0.4, 0.5) is 0 Å². The molecule has 0 amide bonds. The van der Waals surface area contributed by atoms with E-state index >= 15 is 0 Å². The van der Waals surface area contributed by atoms with Gasteiger partial charge in [-0.2, -0.15) is 5.26 Å². The Morgan fingerprint density at radius 1 is 1.35 bits per heavy atom. The normalized spacial score (nSPS) is 11.8. The summed E-state index contributed by atoms with van der Waals surface area (Å²) >= 11 is 0. The lowest BCUT2D eigenvalue weighted by Crippen LogP contribution is -2.12. The van der Waals surface area contributed by atoms with Crippen LogP contribution in [0, 0.1) is 17.2 Å². The predicted molar refractivity (Wildman–Crippen MR) is 65.5 cm³/mol. The second-order valence-electron chi connectivity index (χ2n) is 4.08. The smallest absolute Gasteiger partial charge is 0.232 e. The average molecular weight is 233 g/mol. The zero-order valence-corrected chi connectivity index (χ0v) is 10.5. The highest BCUT2D eigenvalue weighted by Gasteiger charge is 2.07. The summed E-state index contributed by atoms with van der Waals surface area (Å²) in [6.07, 6.45) is 7.70. The number of nitrogens with zero attached hydrogens (tertiary/aromatic N) is 3. The molecule has 0 aromatic carbocycles. The van der Waals surface area contributed by atoms with Gasteiger partial charge in [0.25, 0.3) is 0 Å². The van der Waals surface area contributed by atoms with Crippen molar-refractivity contribution in [2.24, 2.45) is 5.92 Å². The van der Waals surface area contributed by atoms with Gasteiger partial charge in [0.2, 0.25) is 5.88 Å². The predicted octanol–water partition coefficient (Wildman–Crippen LogP) is 2.94. The molecule has 4 nitrogen and oxygen atoms in total. The highest BCUT2D eigenvalue weighted by atomic mass is 16.5. The number of hydrogen-bond acceptors (Lipinski definition) is 4. The van der Waals surface area contributed by atoms with Crippen LogP contribution >= 0.6 is 0 Å². The molecule has 0 aliphatic heterocycles. The second kappa shape index (κ2) is 7.61. The van der Waals surface area contributed by atoms with Crippen molar-refractivity contribution in [3.05, 3.63) is 18.1 Å². The zero-order valence-electron chi connectivity index (χ0n) is 10.5.